The molecule has 6 nitrogen and oxygen atoms in total. The second-order valence-electron chi connectivity index (χ2n) is 6.74. The maximum Gasteiger partial charge on any atom is 0.254 e. The first-order valence-corrected chi connectivity index (χ1v) is 9.14. The van der Waals surface area contributed by atoms with Crippen LogP contribution in [0.4, 0.5) is 0 Å². The fourth-order valence-electron chi connectivity index (χ4n) is 3.69. The Morgan fingerprint density at radius 1 is 1.26 bits per heavy atom. The highest BCUT2D eigenvalue weighted by atomic mass is 16.5. The van der Waals surface area contributed by atoms with Crippen LogP contribution in [0.5, 0.6) is 5.88 Å². The summed E-state index contributed by atoms with van der Waals surface area (Å²) in [6, 6.07) is 13.7. The van der Waals surface area contributed by atoms with Gasteiger partial charge in [0.2, 0.25) is 5.88 Å². The highest BCUT2D eigenvalue weighted by Gasteiger charge is 2.28. The van der Waals surface area contributed by atoms with Crippen LogP contribution >= 0.6 is 0 Å². The van der Waals surface area contributed by atoms with Gasteiger partial charge in [0.15, 0.2) is 0 Å². The van der Waals surface area contributed by atoms with Crippen LogP contribution in [-0.2, 0) is 0 Å². The topological polar surface area (TPSA) is 71.1 Å². The number of hydrogen-bond acceptors (Lipinski definition) is 4. The number of nitrogens with zero attached hydrogens (tertiary/aromatic N) is 3. The third kappa shape index (κ3) is 3.56. The zero-order valence-electron chi connectivity index (χ0n) is 15.3. The number of amides is 1. The fraction of sp³-hybridized carbons (Fsp3) is 0.286. The second kappa shape index (κ2) is 7.61. The van der Waals surface area contributed by atoms with Crippen LogP contribution < -0.4 is 4.74 Å². The molecule has 1 aliphatic rings. The van der Waals surface area contributed by atoms with Crippen LogP contribution in [0.3, 0.4) is 0 Å². The van der Waals surface area contributed by atoms with Gasteiger partial charge in [-0.15, -0.1) is 0 Å². The summed E-state index contributed by atoms with van der Waals surface area (Å²) in [5, 5.41) is 7.44. The molecule has 3 aromatic rings. The van der Waals surface area contributed by atoms with Crippen molar-refractivity contribution in [3.63, 3.8) is 0 Å². The Bertz CT molecular complexity index is 923. The molecule has 138 valence electrons. The number of carbonyl (C=O) groups excluding carboxylic acids is 1. The molecule has 1 aromatic carbocycles. The predicted molar refractivity (Wildman–Crippen MR) is 103 cm³/mol. The van der Waals surface area contributed by atoms with E-state index in [0.717, 1.165) is 36.2 Å². The number of ether oxygens (including phenoxy) is 1. The van der Waals surface area contributed by atoms with Crippen LogP contribution in [0.25, 0.3) is 11.1 Å². The second-order valence-corrected chi connectivity index (χ2v) is 6.74. The van der Waals surface area contributed by atoms with E-state index in [0.29, 0.717) is 18.0 Å². The first-order chi connectivity index (χ1) is 13.3. The molecule has 3 heterocycles. The number of piperidine rings is 1. The number of hydrogen-bond donors (Lipinski definition) is 1. The molecule has 2 aromatic heterocycles. The largest absolute Gasteiger partial charge is 0.481 e. The predicted octanol–water partition coefficient (Wildman–Crippen LogP) is 3.50. The average molecular weight is 362 g/mol. The number of rotatable bonds is 4. The zero-order chi connectivity index (χ0) is 18.6. The molecule has 1 amide bonds. The Hall–Kier alpha value is -3.15. The Kier molecular flexibility index (Phi) is 4.87. The van der Waals surface area contributed by atoms with Gasteiger partial charge in [-0.05, 0) is 24.5 Å². The summed E-state index contributed by atoms with van der Waals surface area (Å²) in [5.41, 5.74) is 3.96. The summed E-state index contributed by atoms with van der Waals surface area (Å²) < 4.78 is 5.14. The molecule has 1 atom stereocenters. The number of benzene rings is 1. The van der Waals surface area contributed by atoms with Crippen molar-refractivity contribution < 1.29 is 9.53 Å². The lowest BCUT2D eigenvalue weighted by atomic mass is 9.90. The van der Waals surface area contributed by atoms with E-state index in [1.807, 2.05) is 29.3 Å². The van der Waals surface area contributed by atoms with Gasteiger partial charge in [-0.25, -0.2) is 4.98 Å². The molecule has 0 radical (unpaired) electrons. The Morgan fingerprint density at radius 2 is 2.11 bits per heavy atom. The first-order valence-electron chi connectivity index (χ1n) is 9.14. The van der Waals surface area contributed by atoms with E-state index in [1.165, 1.54) is 0 Å². The van der Waals surface area contributed by atoms with E-state index in [1.54, 1.807) is 25.4 Å². The molecule has 6 heteroatoms. The van der Waals surface area contributed by atoms with Crippen molar-refractivity contribution >= 4 is 5.91 Å². The first kappa shape index (κ1) is 17.3. The number of aromatic nitrogens is 3. The quantitative estimate of drug-likeness (QED) is 0.771. The summed E-state index contributed by atoms with van der Waals surface area (Å²) in [6.07, 6.45) is 5.48. The molecule has 0 aliphatic carbocycles. The Labute approximate surface area is 158 Å². The summed E-state index contributed by atoms with van der Waals surface area (Å²) in [4.78, 5) is 18.9. The summed E-state index contributed by atoms with van der Waals surface area (Å²) >= 11 is 0. The molecule has 1 unspecified atom stereocenters. The Morgan fingerprint density at radius 3 is 2.93 bits per heavy atom. The highest BCUT2D eigenvalue weighted by Crippen LogP contribution is 2.33. The third-order valence-electron chi connectivity index (χ3n) is 5.06. The molecule has 0 spiro atoms. The van der Waals surface area contributed by atoms with Crippen LogP contribution in [-0.4, -0.2) is 46.2 Å². The van der Waals surface area contributed by atoms with E-state index >= 15 is 0 Å². The molecule has 1 N–H and O–H groups in total. The minimum atomic E-state index is 0.0150. The maximum absolute atomic E-state index is 13.0. The molecular formula is C21H22N4O2. The van der Waals surface area contributed by atoms with E-state index in [9.17, 15) is 4.79 Å². The van der Waals surface area contributed by atoms with Gasteiger partial charge in [-0.3, -0.25) is 9.89 Å². The lowest BCUT2D eigenvalue weighted by Crippen LogP contribution is -2.39. The molecule has 4 rings (SSSR count). The number of pyridine rings is 1. The SMILES string of the molecule is COc1cc(C(=O)N2CCCC(c3[nH]ncc3-c3ccccc3)C2)ccn1. The minimum Gasteiger partial charge on any atom is -0.481 e. The van der Waals surface area contributed by atoms with Gasteiger partial charge in [0.25, 0.3) is 5.91 Å². The number of aromatic amines is 1. The van der Waals surface area contributed by atoms with Gasteiger partial charge in [0, 0.05) is 48.1 Å². The summed E-state index contributed by atoms with van der Waals surface area (Å²) in [6.45, 7) is 1.43. The molecule has 1 aliphatic heterocycles. The third-order valence-corrected chi connectivity index (χ3v) is 5.06. The summed E-state index contributed by atoms with van der Waals surface area (Å²) in [5.74, 6) is 0.708. The highest BCUT2D eigenvalue weighted by molar-refractivity contribution is 5.94. The number of H-pyrrole nitrogens is 1. The standard InChI is InChI=1S/C21H22N4O2/c1-27-19-12-16(9-10-22-19)21(26)25-11-5-8-17(14-25)20-18(13-23-24-20)15-6-3-2-4-7-15/h2-4,6-7,9-10,12-13,17H,5,8,11,14H2,1H3,(H,23,24). The van der Waals surface area contributed by atoms with Crippen molar-refractivity contribution in [1.82, 2.24) is 20.1 Å². The van der Waals surface area contributed by atoms with E-state index in [2.05, 4.69) is 27.3 Å². The van der Waals surface area contributed by atoms with Crippen LogP contribution in [0.15, 0.2) is 54.9 Å². The van der Waals surface area contributed by atoms with Gasteiger partial charge < -0.3 is 9.64 Å². The number of nitrogens with one attached hydrogen (secondary N) is 1. The van der Waals surface area contributed by atoms with E-state index in [-0.39, 0.29) is 11.8 Å². The smallest absolute Gasteiger partial charge is 0.254 e. The van der Waals surface area contributed by atoms with Crippen LogP contribution in [0, 0.1) is 0 Å². The number of likely N-dealkylation sites (tertiary alicyclic amines) is 1. The molecule has 0 saturated carbocycles. The summed E-state index contributed by atoms with van der Waals surface area (Å²) in [7, 11) is 1.55. The molecular weight excluding hydrogens is 340 g/mol. The lowest BCUT2D eigenvalue weighted by molar-refractivity contribution is 0.0705. The van der Waals surface area contributed by atoms with Gasteiger partial charge in [0.05, 0.1) is 13.3 Å². The normalized spacial score (nSPS) is 16.9. The van der Waals surface area contributed by atoms with Gasteiger partial charge in [0.1, 0.15) is 0 Å². The van der Waals surface area contributed by atoms with Crippen molar-refractivity contribution in [3.05, 3.63) is 66.1 Å². The van der Waals surface area contributed by atoms with E-state index < -0.39 is 0 Å². The van der Waals surface area contributed by atoms with Gasteiger partial charge in [-0.1, -0.05) is 30.3 Å². The monoisotopic (exact) mass is 362 g/mol. The van der Waals surface area contributed by atoms with E-state index in [4.69, 9.17) is 4.74 Å². The molecule has 27 heavy (non-hydrogen) atoms. The number of methoxy groups -OCH3 is 1. The fourth-order valence-corrected chi connectivity index (χ4v) is 3.69. The zero-order valence-corrected chi connectivity index (χ0v) is 15.3. The van der Waals surface area contributed by atoms with Crippen molar-refractivity contribution in [1.29, 1.82) is 0 Å². The molecule has 0 bridgehead atoms. The van der Waals surface area contributed by atoms with Gasteiger partial charge >= 0.3 is 0 Å². The Balaban J connectivity index is 1.55. The van der Waals surface area contributed by atoms with Crippen molar-refractivity contribution in [2.45, 2.75) is 18.8 Å². The van der Waals surface area contributed by atoms with Crippen LogP contribution in [0.2, 0.25) is 0 Å². The van der Waals surface area contributed by atoms with Gasteiger partial charge in [-0.2, -0.15) is 5.10 Å². The molecule has 1 fully saturated rings. The van der Waals surface area contributed by atoms with Crippen molar-refractivity contribution in [2.75, 3.05) is 20.2 Å². The lowest BCUT2D eigenvalue weighted by Gasteiger charge is -2.33. The maximum atomic E-state index is 13.0. The minimum absolute atomic E-state index is 0.0150. The van der Waals surface area contributed by atoms with Crippen molar-refractivity contribution in [3.8, 4) is 17.0 Å². The van der Waals surface area contributed by atoms with Crippen molar-refractivity contribution in [2.24, 2.45) is 0 Å². The number of carbonyl (C=O) groups is 1. The van der Waals surface area contributed by atoms with Crippen LogP contribution in [0.1, 0.15) is 34.8 Å². The molecule has 1 saturated heterocycles. The average Bonchev–Trinajstić information content (AvgIpc) is 3.24.